The van der Waals surface area contributed by atoms with Gasteiger partial charge in [0.15, 0.2) is 0 Å². The standard InChI is InChI=1S/C16H18N2O4/c17-12-14(15(19)18-7-10-21-11-8-18)6-9-22-16(20)13-4-2-1-3-5-13/h1-5,14H,6-11H2. The fourth-order valence-corrected chi connectivity index (χ4v) is 2.17. The number of carbonyl (C=O) groups is 2. The number of rotatable bonds is 5. The molecule has 0 aliphatic carbocycles. The van der Waals surface area contributed by atoms with Crippen molar-refractivity contribution < 1.29 is 19.1 Å². The molecule has 0 spiro atoms. The minimum Gasteiger partial charge on any atom is -0.462 e. The number of hydrogen-bond donors (Lipinski definition) is 0. The van der Waals surface area contributed by atoms with E-state index in [1.807, 2.05) is 12.1 Å². The van der Waals surface area contributed by atoms with Crippen molar-refractivity contribution in [2.75, 3.05) is 32.9 Å². The summed E-state index contributed by atoms with van der Waals surface area (Å²) in [6.07, 6.45) is 0.200. The van der Waals surface area contributed by atoms with Crippen molar-refractivity contribution in [3.05, 3.63) is 35.9 Å². The molecule has 1 saturated heterocycles. The van der Waals surface area contributed by atoms with E-state index in [1.165, 1.54) is 0 Å². The van der Waals surface area contributed by atoms with E-state index in [4.69, 9.17) is 14.7 Å². The van der Waals surface area contributed by atoms with Crippen molar-refractivity contribution in [2.45, 2.75) is 6.42 Å². The molecule has 2 rings (SSSR count). The Balaban J connectivity index is 1.80. The predicted molar refractivity (Wildman–Crippen MR) is 77.8 cm³/mol. The summed E-state index contributed by atoms with van der Waals surface area (Å²) in [4.78, 5) is 25.6. The van der Waals surface area contributed by atoms with Gasteiger partial charge >= 0.3 is 5.97 Å². The summed E-state index contributed by atoms with van der Waals surface area (Å²) in [5.41, 5.74) is 0.454. The second-order valence-corrected chi connectivity index (χ2v) is 4.91. The molecule has 6 heteroatoms. The molecule has 1 aromatic rings. The van der Waals surface area contributed by atoms with Gasteiger partial charge in [-0.25, -0.2) is 4.79 Å². The number of amides is 1. The summed E-state index contributed by atoms with van der Waals surface area (Å²) in [7, 11) is 0. The monoisotopic (exact) mass is 302 g/mol. The van der Waals surface area contributed by atoms with Crippen LogP contribution in [0.1, 0.15) is 16.8 Å². The highest BCUT2D eigenvalue weighted by Crippen LogP contribution is 2.10. The van der Waals surface area contributed by atoms with Gasteiger partial charge in [-0.05, 0) is 12.1 Å². The number of benzene rings is 1. The molecule has 0 saturated carbocycles. The summed E-state index contributed by atoms with van der Waals surface area (Å²) >= 11 is 0. The van der Waals surface area contributed by atoms with Crippen LogP contribution >= 0.6 is 0 Å². The lowest BCUT2D eigenvalue weighted by Gasteiger charge is -2.28. The van der Waals surface area contributed by atoms with Crippen LogP contribution < -0.4 is 0 Å². The molecular formula is C16H18N2O4. The molecule has 0 bridgehead atoms. The number of hydrogen-bond acceptors (Lipinski definition) is 5. The molecule has 1 aliphatic heterocycles. The first-order valence-corrected chi connectivity index (χ1v) is 7.20. The number of nitriles is 1. The van der Waals surface area contributed by atoms with Crippen LogP contribution in [0, 0.1) is 17.2 Å². The minimum atomic E-state index is -0.790. The molecule has 22 heavy (non-hydrogen) atoms. The Labute approximate surface area is 129 Å². The van der Waals surface area contributed by atoms with Gasteiger partial charge in [0.05, 0.1) is 31.5 Å². The van der Waals surface area contributed by atoms with Crippen LogP contribution in [0.2, 0.25) is 0 Å². The molecule has 1 aliphatic rings. The molecule has 1 heterocycles. The topological polar surface area (TPSA) is 79.6 Å². The molecule has 0 aromatic heterocycles. The molecule has 116 valence electrons. The fourth-order valence-electron chi connectivity index (χ4n) is 2.17. The Hall–Kier alpha value is -2.39. The zero-order valence-corrected chi connectivity index (χ0v) is 12.2. The largest absolute Gasteiger partial charge is 0.462 e. The van der Waals surface area contributed by atoms with Crippen LogP contribution in [0.25, 0.3) is 0 Å². The minimum absolute atomic E-state index is 0.0437. The number of esters is 1. The molecule has 6 nitrogen and oxygen atoms in total. The highest BCUT2D eigenvalue weighted by molar-refractivity contribution is 5.89. The average Bonchev–Trinajstić information content (AvgIpc) is 2.59. The summed E-state index contributed by atoms with van der Waals surface area (Å²) in [5, 5.41) is 9.14. The van der Waals surface area contributed by atoms with Crippen molar-refractivity contribution >= 4 is 11.9 Å². The number of morpholine rings is 1. The molecule has 0 N–H and O–H groups in total. The first-order chi connectivity index (χ1) is 10.7. The van der Waals surface area contributed by atoms with E-state index in [9.17, 15) is 9.59 Å². The lowest BCUT2D eigenvalue weighted by atomic mass is 10.1. The molecule has 1 aromatic carbocycles. The van der Waals surface area contributed by atoms with E-state index < -0.39 is 11.9 Å². The number of nitrogens with zero attached hydrogens (tertiary/aromatic N) is 2. The van der Waals surface area contributed by atoms with Crippen LogP contribution in [-0.4, -0.2) is 49.7 Å². The van der Waals surface area contributed by atoms with Crippen LogP contribution in [-0.2, 0) is 14.3 Å². The third-order valence-electron chi connectivity index (χ3n) is 3.43. The van der Waals surface area contributed by atoms with Crippen LogP contribution in [0.3, 0.4) is 0 Å². The normalized spacial score (nSPS) is 15.7. The van der Waals surface area contributed by atoms with Gasteiger partial charge < -0.3 is 14.4 Å². The highest BCUT2D eigenvalue weighted by Gasteiger charge is 2.25. The predicted octanol–water partition coefficient (Wildman–Crippen LogP) is 1.23. The average molecular weight is 302 g/mol. The molecular weight excluding hydrogens is 284 g/mol. The second kappa shape index (κ2) is 8.15. The Morgan fingerprint density at radius 3 is 2.59 bits per heavy atom. The lowest BCUT2D eigenvalue weighted by molar-refractivity contribution is -0.138. The van der Waals surface area contributed by atoms with E-state index in [0.29, 0.717) is 31.9 Å². The Morgan fingerprint density at radius 2 is 1.95 bits per heavy atom. The van der Waals surface area contributed by atoms with E-state index >= 15 is 0 Å². The lowest BCUT2D eigenvalue weighted by Crippen LogP contribution is -2.43. The van der Waals surface area contributed by atoms with Gasteiger partial charge in [0, 0.05) is 19.5 Å². The summed E-state index contributed by atoms with van der Waals surface area (Å²) in [6, 6.07) is 10.6. The summed E-state index contributed by atoms with van der Waals surface area (Å²) < 4.78 is 10.3. The van der Waals surface area contributed by atoms with Crippen molar-refractivity contribution in [1.29, 1.82) is 5.26 Å². The van der Waals surface area contributed by atoms with E-state index in [2.05, 4.69) is 0 Å². The van der Waals surface area contributed by atoms with Crippen molar-refractivity contribution in [3.63, 3.8) is 0 Å². The van der Waals surface area contributed by atoms with E-state index in [-0.39, 0.29) is 18.9 Å². The number of ether oxygens (including phenoxy) is 2. The summed E-state index contributed by atoms with van der Waals surface area (Å²) in [5.74, 6) is -1.46. The zero-order chi connectivity index (χ0) is 15.8. The van der Waals surface area contributed by atoms with Crippen LogP contribution in [0.15, 0.2) is 30.3 Å². The molecule has 1 amide bonds. The van der Waals surface area contributed by atoms with Crippen LogP contribution in [0.5, 0.6) is 0 Å². The summed E-state index contributed by atoms with van der Waals surface area (Å²) in [6.45, 7) is 2.03. The maximum atomic E-state index is 12.2. The van der Waals surface area contributed by atoms with Gasteiger partial charge in [0.2, 0.25) is 5.91 Å². The Kier molecular flexibility index (Phi) is 5.92. The fraction of sp³-hybridized carbons (Fsp3) is 0.438. The third-order valence-corrected chi connectivity index (χ3v) is 3.43. The van der Waals surface area contributed by atoms with Gasteiger partial charge in [0.1, 0.15) is 5.92 Å². The third kappa shape index (κ3) is 4.30. The van der Waals surface area contributed by atoms with Crippen molar-refractivity contribution in [3.8, 4) is 6.07 Å². The van der Waals surface area contributed by atoms with Gasteiger partial charge in [0.25, 0.3) is 0 Å². The van der Waals surface area contributed by atoms with Crippen molar-refractivity contribution in [2.24, 2.45) is 5.92 Å². The van der Waals surface area contributed by atoms with E-state index in [1.54, 1.807) is 29.2 Å². The first kappa shape index (κ1) is 16.0. The van der Waals surface area contributed by atoms with Crippen LogP contribution in [0.4, 0.5) is 0 Å². The highest BCUT2D eigenvalue weighted by atomic mass is 16.5. The Bertz CT molecular complexity index is 547. The molecule has 1 unspecified atom stereocenters. The number of carbonyl (C=O) groups excluding carboxylic acids is 2. The molecule has 1 atom stereocenters. The zero-order valence-electron chi connectivity index (χ0n) is 12.2. The van der Waals surface area contributed by atoms with E-state index in [0.717, 1.165) is 0 Å². The first-order valence-electron chi connectivity index (χ1n) is 7.20. The SMILES string of the molecule is N#CC(CCOC(=O)c1ccccc1)C(=O)N1CCOCC1. The van der Waals surface area contributed by atoms with Crippen molar-refractivity contribution in [1.82, 2.24) is 4.90 Å². The molecule has 1 fully saturated rings. The quantitative estimate of drug-likeness (QED) is 0.764. The molecule has 0 radical (unpaired) electrons. The maximum Gasteiger partial charge on any atom is 0.338 e. The van der Waals surface area contributed by atoms with Gasteiger partial charge in [-0.15, -0.1) is 0 Å². The smallest absolute Gasteiger partial charge is 0.338 e. The van der Waals surface area contributed by atoms with Gasteiger partial charge in [-0.3, -0.25) is 4.79 Å². The van der Waals surface area contributed by atoms with Gasteiger partial charge in [-0.1, -0.05) is 18.2 Å². The Morgan fingerprint density at radius 1 is 1.27 bits per heavy atom. The maximum absolute atomic E-state index is 12.2. The van der Waals surface area contributed by atoms with Gasteiger partial charge in [-0.2, -0.15) is 5.26 Å². The second-order valence-electron chi connectivity index (χ2n) is 4.91.